The van der Waals surface area contributed by atoms with Crippen molar-refractivity contribution < 1.29 is 14.2 Å². The first-order chi connectivity index (χ1) is 10.1. The van der Waals surface area contributed by atoms with Gasteiger partial charge in [0.25, 0.3) is 0 Å². The van der Waals surface area contributed by atoms with Crippen molar-refractivity contribution in [2.75, 3.05) is 40.5 Å². The molecule has 1 N–H and O–H groups in total. The predicted molar refractivity (Wildman–Crippen MR) is 89.5 cm³/mol. The van der Waals surface area contributed by atoms with Crippen LogP contribution in [0.5, 0.6) is 11.5 Å². The molecule has 0 radical (unpaired) electrons. The minimum absolute atomic E-state index is 0.672. The predicted octanol–water partition coefficient (Wildman–Crippen LogP) is 3.27. The van der Waals surface area contributed by atoms with Crippen molar-refractivity contribution in [3.8, 4) is 11.5 Å². The summed E-state index contributed by atoms with van der Waals surface area (Å²) in [5, 5.41) is 3.36. The fraction of sp³-hybridized carbons (Fsp3) is 0.625. The second-order valence-corrected chi connectivity index (χ2v) is 6.03. The molecule has 0 heterocycles. The molecule has 0 bridgehead atoms. The summed E-state index contributed by atoms with van der Waals surface area (Å²) in [5.74, 6) is 2.26. The summed E-state index contributed by atoms with van der Waals surface area (Å²) in [6, 6.07) is 3.95. The summed E-state index contributed by atoms with van der Waals surface area (Å²) in [6.07, 6.45) is 0.815. The van der Waals surface area contributed by atoms with Crippen LogP contribution < -0.4 is 14.8 Å². The third kappa shape index (κ3) is 6.24. The first kappa shape index (κ1) is 18.3. The zero-order valence-electron chi connectivity index (χ0n) is 13.4. The smallest absolute Gasteiger partial charge is 0.140 e. The molecule has 0 aliphatic heterocycles. The highest BCUT2D eigenvalue weighted by atomic mass is 79.9. The molecule has 5 heteroatoms. The van der Waals surface area contributed by atoms with Crippen LogP contribution in [-0.2, 0) is 11.2 Å². The molecule has 0 saturated heterocycles. The standard InChI is InChI=1S/C16H26BrNO3/c1-12(2)11-18-8-10-21-9-7-13-5-6-14(19-3)15(17)16(13)20-4/h5-6,12,18H,7-11H2,1-4H3. The molecule has 120 valence electrons. The summed E-state index contributed by atoms with van der Waals surface area (Å²) in [7, 11) is 3.31. The monoisotopic (exact) mass is 359 g/mol. The van der Waals surface area contributed by atoms with Gasteiger partial charge in [0.2, 0.25) is 0 Å². The van der Waals surface area contributed by atoms with Crippen LogP contribution in [0, 0.1) is 5.92 Å². The van der Waals surface area contributed by atoms with Gasteiger partial charge in [-0.1, -0.05) is 19.9 Å². The van der Waals surface area contributed by atoms with E-state index in [1.807, 2.05) is 12.1 Å². The Balaban J connectivity index is 2.37. The van der Waals surface area contributed by atoms with Crippen molar-refractivity contribution in [3.05, 3.63) is 22.2 Å². The van der Waals surface area contributed by atoms with Gasteiger partial charge in [0.15, 0.2) is 0 Å². The quantitative estimate of drug-likeness (QED) is 0.650. The van der Waals surface area contributed by atoms with Crippen LogP contribution >= 0.6 is 15.9 Å². The maximum absolute atomic E-state index is 5.65. The van der Waals surface area contributed by atoms with Gasteiger partial charge in [-0.05, 0) is 46.4 Å². The molecule has 0 aliphatic carbocycles. The molecule has 1 rings (SSSR count). The molecule has 0 aromatic heterocycles. The van der Waals surface area contributed by atoms with Crippen LogP contribution in [0.15, 0.2) is 16.6 Å². The van der Waals surface area contributed by atoms with Crippen molar-refractivity contribution in [1.82, 2.24) is 5.32 Å². The van der Waals surface area contributed by atoms with Gasteiger partial charge in [-0.3, -0.25) is 0 Å². The SMILES string of the molecule is COc1ccc(CCOCCNCC(C)C)c(OC)c1Br. The Morgan fingerprint density at radius 1 is 1.14 bits per heavy atom. The zero-order chi connectivity index (χ0) is 15.7. The van der Waals surface area contributed by atoms with E-state index in [-0.39, 0.29) is 0 Å². The van der Waals surface area contributed by atoms with Crippen molar-refractivity contribution in [1.29, 1.82) is 0 Å². The molecule has 0 aliphatic rings. The second kappa shape index (κ2) is 10.0. The van der Waals surface area contributed by atoms with E-state index in [1.165, 1.54) is 0 Å². The van der Waals surface area contributed by atoms with Gasteiger partial charge in [-0.2, -0.15) is 0 Å². The summed E-state index contributed by atoms with van der Waals surface area (Å²) in [4.78, 5) is 0. The van der Waals surface area contributed by atoms with Gasteiger partial charge in [-0.25, -0.2) is 0 Å². The average molecular weight is 360 g/mol. The van der Waals surface area contributed by atoms with E-state index in [0.717, 1.165) is 47.7 Å². The maximum Gasteiger partial charge on any atom is 0.140 e. The minimum Gasteiger partial charge on any atom is -0.495 e. The molecule has 0 unspecified atom stereocenters. The van der Waals surface area contributed by atoms with Crippen molar-refractivity contribution in [2.45, 2.75) is 20.3 Å². The highest BCUT2D eigenvalue weighted by molar-refractivity contribution is 9.10. The molecule has 0 atom stereocenters. The first-order valence-electron chi connectivity index (χ1n) is 7.28. The molecular formula is C16H26BrNO3. The third-order valence-electron chi connectivity index (χ3n) is 3.06. The molecule has 21 heavy (non-hydrogen) atoms. The molecule has 4 nitrogen and oxygen atoms in total. The normalized spacial score (nSPS) is 11.0. The topological polar surface area (TPSA) is 39.7 Å². The molecule has 1 aromatic carbocycles. The molecule has 0 amide bonds. The van der Waals surface area contributed by atoms with Crippen molar-refractivity contribution in [2.24, 2.45) is 5.92 Å². The number of benzene rings is 1. The lowest BCUT2D eigenvalue weighted by Gasteiger charge is -2.13. The van der Waals surface area contributed by atoms with E-state index in [9.17, 15) is 0 Å². The number of nitrogens with one attached hydrogen (secondary N) is 1. The van der Waals surface area contributed by atoms with Gasteiger partial charge < -0.3 is 19.5 Å². The van der Waals surface area contributed by atoms with Crippen molar-refractivity contribution in [3.63, 3.8) is 0 Å². The Hall–Kier alpha value is -0.780. The molecule has 1 aromatic rings. The van der Waals surface area contributed by atoms with E-state index in [4.69, 9.17) is 14.2 Å². The minimum atomic E-state index is 0.672. The lowest BCUT2D eigenvalue weighted by atomic mass is 10.1. The summed E-state index contributed by atoms with van der Waals surface area (Å²) in [6.45, 7) is 7.72. The average Bonchev–Trinajstić information content (AvgIpc) is 2.46. The first-order valence-corrected chi connectivity index (χ1v) is 8.07. The zero-order valence-corrected chi connectivity index (χ0v) is 15.0. The highest BCUT2D eigenvalue weighted by Crippen LogP contribution is 2.37. The Morgan fingerprint density at radius 2 is 1.90 bits per heavy atom. The fourth-order valence-corrected chi connectivity index (χ4v) is 2.68. The van der Waals surface area contributed by atoms with E-state index in [0.29, 0.717) is 12.5 Å². The van der Waals surface area contributed by atoms with Crippen LogP contribution in [0.2, 0.25) is 0 Å². The lowest BCUT2D eigenvalue weighted by Crippen LogP contribution is -2.24. The summed E-state index contributed by atoms with van der Waals surface area (Å²) in [5.41, 5.74) is 1.11. The largest absolute Gasteiger partial charge is 0.495 e. The number of methoxy groups -OCH3 is 2. The number of hydrogen-bond acceptors (Lipinski definition) is 4. The summed E-state index contributed by atoms with van der Waals surface area (Å²) >= 11 is 3.51. The number of hydrogen-bond donors (Lipinski definition) is 1. The maximum atomic E-state index is 5.65. The highest BCUT2D eigenvalue weighted by Gasteiger charge is 2.12. The van der Waals surface area contributed by atoms with E-state index in [1.54, 1.807) is 14.2 Å². The Bertz CT molecular complexity index is 424. The number of rotatable bonds is 10. The molecule has 0 spiro atoms. The fourth-order valence-electron chi connectivity index (χ4n) is 1.97. The van der Waals surface area contributed by atoms with E-state index >= 15 is 0 Å². The van der Waals surface area contributed by atoms with Crippen LogP contribution in [0.4, 0.5) is 0 Å². The summed E-state index contributed by atoms with van der Waals surface area (Å²) < 4.78 is 17.2. The molecule has 0 saturated carbocycles. The van der Waals surface area contributed by atoms with Crippen LogP contribution in [0.3, 0.4) is 0 Å². The number of ether oxygens (including phenoxy) is 3. The molecular weight excluding hydrogens is 334 g/mol. The Morgan fingerprint density at radius 3 is 2.52 bits per heavy atom. The van der Waals surface area contributed by atoms with Gasteiger partial charge in [0, 0.05) is 6.54 Å². The van der Waals surface area contributed by atoms with Gasteiger partial charge in [0.05, 0.1) is 27.4 Å². The number of halogens is 1. The molecule has 0 fully saturated rings. The Labute approximate surface area is 136 Å². The van der Waals surface area contributed by atoms with Crippen LogP contribution in [0.25, 0.3) is 0 Å². The second-order valence-electron chi connectivity index (χ2n) is 5.23. The third-order valence-corrected chi connectivity index (χ3v) is 3.81. The van der Waals surface area contributed by atoms with E-state index in [2.05, 4.69) is 35.1 Å². The lowest BCUT2D eigenvalue weighted by molar-refractivity contribution is 0.138. The Kier molecular flexibility index (Phi) is 8.73. The van der Waals surface area contributed by atoms with Crippen molar-refractivity contribution >= 4 is 15.9 Å². The van der Waals surface area contributed by atoms with Crippen LogP contribution in [0.1, 0.15) is 19.4 Å². The van der Waals surface area contributed by atoms with Gasteiger partial charge in [0.1, 0.15) is 16.0 Å². The van der Waals surface area contributed by atoms with E-state index < -0.39 is 0 Å². The van der Waals surface area contributed by atoms with Gasteiger partial charge in [-0.15, -0.1) is 0 Å². The van der Waals surface area contributed by atoms with Crippen LogP contribution in [-0.4, -0.2) is 40.5 Å². The van der Waals surface area contributed by atoms with Gasteiger partial charge >= 0.3 is 0 Å².